The van der Waals surface area contributed by atoms with Crippen LogP contribution in [0, 0.1) is 0 Å². The molecule has 1 N–H and O–H groups in total. The van der Waals surface area contributed by atoms with Crippen LogP contribution in [-0.4, -0.2) is 36.5 Å². The Hall–Kier alpha value is -1.23. The van der Waals surface area contributed by atoms with E-state index in [4.69, 9.17) is 26.2 Å². The number of aliphatic hydroxyl groups is 1. The zero-order chi connectivity index (χ0) is 13.0. The van der Waals surface area contributed by atoms with E-state index >= 15 is 0 Å². The lowest BCUT2D eigenvalue weighted by molar-refractivity contribution is 0.174. The van der Waals surface area contributed by atoms with Crippen molar-refractivity contribution in [2.45, 2.75) is 6.54 Å². The quantitative estimate of drug-likeness (QED) is 0.803. The Kier molecular flexibility index (Phi) is 4.47. The van der Waals surface area contributed by atoms with Crippen molar-refractivity contribution in [3.63, 3.8) is 0 Å². The first-order valence-corrected chi connectivity index (χ1v) is 6.14. The van der Waals surface area contributed by atoms with Gasteiger partial charge in [-0.25, -0.2) is 0 Å². The maximum Gasteiger partial charge on any atom is 0.231 e. The second-order valence-corrected chi connectivity index (χ2v) is 4.47. The Morgan fingerprint density at radius 2 is 2.28 bits per heavy atom. The van der Waals surface area contributed by atoms with E-state index in [0.29, 0.717) is 36.2 Å². The number of halogens is 1. The van der Waals surface area contributed by atoms with Crippen LogP contribution in [0.25, 0.3) is 0 Å². The van der Waals surface area contributed by atoms with Crippen LogP contribution in [0.2, 0.25) is 5.02 Å². The average molecular weight is 270 g/mol. The molecular weight excluding hydrogens is 254 g/mol. The molecule has 0 spiro atoms. The molecule has 1 aromatic rings. The molecule has 1 aliphatic rings. The molecule has 0 fully saturated rings. The van der Waals surface area contributed by atoms with Crippen molar-refractivity contribution in [2.24, 2.45) is 0 Å². The lowest BCUT2D eigenvalue weighted by atomic mass is 10.2. The van der Waals surface area contributed by atoms with Gasteiger partial charge >= 0.3 is 0 Å². The monoisotopic (exact) mass is 269 g/mol. The minimum atomic E-state index is 0.117. The molecule has 0 saturated heterocycles. The second-order valence-electron chi connectivity index (χ2n) is 4.06. The van der Waals surface area contributed by atoms with Gasteiger partial charge in [0.1, 0.15) is 0 Å². The van der Waals surface area contributed by atoms with E-state index in [9.17, 15) is 0 Å². The summed E-state index contributed by atoms with van der Waals surface area (Å²) in [6.07, 6.45) is 1.81. The van der Waals surface area contributed by atoms with E-state index < -0.39 is 0 Å². The zero-order valence-corrected chi connectivity index (χ0v) is 10.8. The first-order valence-electron chi connectivity index (χ1n) is 5.76. The fraction of sp³-hybridized carbons (Fsp3) is 0.385. The van der Waals surface area contributed by atoms with E-state index in [1.54, 1.807) is 0 Å². The highest BCUT2D eigenvalue weighted by atomic mass is 35.5. The van der Waals surface area contributed by atoms with Gasteiger partial charge in [-0.05, 0) is 17.7 Å². The van der Waals surface area contributed by atoms with Gasteiger partial charge in [0, 0.05) is 19.6 Å². The van der Waals surface area contributed by atoms with Crippen molar-refractivity contribution in [3.05, 3.63) is 35.4 Å². The molecule has 0 atom stereocenters. The van der Waals surface area contributed by atoms with Gasteiger partial charge in [0.25, 0.3) is 0 Å². The number of hydrogen-bond acceptors (Lipinski definition) is 4. The zero-order valence-electron chi connectivity index (χ0n) is 10.1. The third-order valence-electron chi connectivity index (χ3n) is 2.70. The summed E-state index contributed by atoms with van der Waals surface area (Å²) in [7, 11) is 0. The van der Waals surface area contributed by atoms with Crippen LogP contribution in [0.3, 0.4) is 0 Å². The summed E-state index contributed by atoms with van der Waals surface area (Å²) in [4.78, 5) is 2.07. The highest BCUT2D eigenvalue weighted by Gasteiger charge is 2.18. The van der Waals surface area contributed by atoms with Crippen LogP contribution in [0.4, 0.5) is 0 Å². The van der Waals surface area contributed by atoms with Gasteiger partial charge in [0.05, 0.1) is 11.6 Å². The number of ether oxygens (including phenoxy) is 2. The fourth-order valence-corrected chi connectivity index (χ4v) is 2.22. The first kappa shape index (κ1) is 13.2. The van der Waals surface area contributed by atoms with Gasteiger partial charge in [-0.2, -0.15) is 0 Å². The van der Waals surface area contributed by atoms with Crippen LogP contribution in [-0.2, 0) is 6.54 Å². The summed E-state index contributed by atoms with van der Waals surface area (Å²) in [6.45, 7) is 6.03. The standard InChI is InChI=1S/C13H16ClNO3/c1-2-3-15(4-5-16)8-10-6-11(14)13-12(7-10)17-9-18-13/h2,6-7,16H,1,3-5,8-9H2. The average Bonchev–Trinajstić information content (AvgIpc) is 2.78. The molecule has 1 aliphatic heterocycles. The van der Waals surface area contributed by atoms with E-state index in [1.807, 2.05) is 18.2 Å². The summed E-state index contributed by atoms with van der Waals surface area (Å²) in [5.41, 5.74) is 1.03. The Labute approximate surface area is 111 Å². The molecule has 0 bridgehead atoms. The van der Waals surface area contributed by atoms with Crippen molar-refractivity contribution in [1.29, 1.82) is 0 Å². The van der Waals surface area contributed by atoms with Crippen LogP contribution >= 0.6 is 11.6 Å². The van der Waals surface area contributed by atoms with Gasteiger partial charge in [0.2, 0.25) is 6.79 Å². The number of benzene rings is 1. The van der Waals surface area contributed by atoms with Gasteiger partial charge < -0.3 is 14.6 Å². The van der Waals surface area contributed by atoms with Crippen molar-refractivity contribution >= 4 is 11.6 Å². The molecule has 2 rings (SSSR count). The van der Waals surface area contributed by atoms with Gasteiger partial charge in [-0.15, -0.1) is 6.58 Å². The second kappa shape index (κ2) is 6.09. The molecule has 1 heterocycles. The summed E-state index contributed by atoms with van der Waals surface area (Å²) in [5.74, 6) is 1.29. The van der Waals surface area contributed by atoms with Gasteiger partial charge in [-0.1, -0.05) is 17.7 Å². The predicted octanol–water partition coefficient (Wildman–Crippen LogP) is 2.05. The van der Waals surface area contributed by atoms with Crippen LogP contribution < -0.4 is 9.47 Å². The smallest absolute Gasteiger partial charge is 0.231 e. The molecule has 0 radical (unpaired) electrons. The Balaban J connectivity index is 2.13. The number of hydrogen-bond donors (Lipinski definition) is 1. The van der Waals surface area contributed by atoms with E-state index in [0.717, 1.165) is 5.56 Å². The third-order valence-corrected chi connectivity index (χ3v) is 2.98. The molecule has 4 nitrogen and oxygen atoms in total. The molecule has 1 aromatic carbocycles. The van der Waals surface area contributed by atoms with Crippen LogP contribution in [0.5, 0.6) is 11.5 Å². The molecule has 0 saturated carbocycles. The van der Waals surface area contributed by atoms with Crippen LogP contribution in [0.1, 0.15) is 5.56 Å². The SMILES string of the molecule is C=CCN(CCO)Cc1cc(Cl)c2c(c1)OCO2. The lowest BCUT2D eigenvalue weighted by Crippen LogP contribution is -2.26. The van der Waals surface area contributed by atoms with Crippen molar-refractivity contribution in [3.8, 4) is 11.5 Å². The van der Waals surface area contributed by atoms with Crippen molar-refractivity contribution in [1.82, 2.24) is 4.90 Å². The summed E-state index contributed by atoms with van der Waals surface area (Å²) in [5, 5.41) is 9.56. The molecule has 5 heteroatoms. The van der Waals surface area contributed by atoms with Crippen molar-refractivity contribution < 1.29 is 14.6 Å². The number of rotatable bonds is 6. The Bertz CT molecular complexity index is 436. The van der Waals surface area contributed by atoms with Gasteiger partial charge in [0.15, 0.2) is 11.5 Å². The summed E-state index contributed by atoms with van der Waals surface area (Å²) >= 11 is 6.12. The van der Waals surface area contributed by atoms with Gasteiger partial charge in [-0.3, -0.25) is 4.90 Å². The summed E-state index contributed by atoms with van der Waals surface area (Å²) in [6, 6.07) is 3.78. The van der Waals surface area contributed by atoms with E-state index in [-0.39, 0.29) is 13.4 Å². The first-order chi connectivity index (χ1) is 8.74. The maximum atomic E-state index is 9.00. The third kappa shape index (κ3) is 2.96. The number of nitrogens with zero attached hydrogens (tertiary/aromatic N) is 1. The molecule has 0 aromatic heterocycles. The Morgan fingerprint density at radius 1 is 1.44 bits per heavy atom. The topological polar surface area (TPSA) is 41.9 Å². The molecular formula is C13H16ClNO3. The highest BCUT2D eigenvalue weighted by Crippen LogP contribution is 2.39. The highest BCUT2D eigenvalue weighted by molar-refractivity contribution is 6.32. The molecule has 0 unspecified atom stereocenters. The van der Waals surface area contributed by atoms with E-state index in [2.05, 4.69) is 11.5 Å². The van der Waals surface area contributed by atoms with Crippen LogP contribution in [0.15, 0.2) is 24.8 Å². The molecule has 18 heavy (non-hydrogen) atoms. The normalized spacial score (nSPS) is 13.1. The van der Waals surface area contributed by atoms with E-state index in [1.165, 1.54) is 0 Å². The number of aliphatic hydroxyl groups excluding tert-OH is 1. The molecule has 98 valence electrons. The number of fused-ring (bicyclic) bond motifs is 1. The molecule has 0 amide bonds. The summed E-state index contributed by atoms with van der Waals surface area (Å²) < 4.78 is 10.6. The predicted molar refractivity (Wildman–Crippen MR) is 70.1 cm³/mol. The minimum Gasteiger partial charge on any atom is -0.454 e. The lowest BCUT2D eigenvalue weighted by Gasteiger charge is -2.19. The minimum absolute atomic E-state index is 0.117. The van der Waals surface area contributed by atoms with Crippen molar-refractivity contribution in [2.75, 3.05) is 26.5 Å². The molecule has 0 aliphatic carbocycles. The fourth-order valence-electron chi connectivity index (χ4n) is 1.93. The Morgan fingerprint density at radius 3 is 3.00 bits per heavy atom. The maximum absolute atomic E-state index is 9.00. The largest absolute Gasteiger partial charge is 0.454 e.